The Kier molecular flexibility index (Phi) is 9.69. The third kappa shape index (κ3) is 6.80. The standard InChI is InChI=1S/C27H33Cl2N2O3.BrH/c1-31(2,15-8-16-33-22-13-14-24(28)25(29)17-22)19-23-18-30-26(34-23)27(32,21-11-6-7-12-21)20-9-4-3-5-10-20;/h3-5,9-10,13-14,17-18,21,32H,6-8,11-12,15-16,19H2,1-2H3;1H/q+1;/p-1. The van der Waals surface area contributed by atoms with Crippen molar-refractivity contribution in [3.63, 3.8) is 0 Å². The summed E-state index contributed by atoms with van der Waals surface area (Å²) in [6, 6.07) is 15.1. The van der Waals surface area contributed by atoms with Crippen molar-refractivity contribution in [1.29, 1.82) is 0 Å². The number of hydrogen-bond donors (Lipinski definition) is 1. The average Bonchev–Trinajstić information content (AvgIpc) is 3.52. The fourth-order valence-electron chi connectivity index (χ4n) is 4.88. The van der Waals surface area contributed by atoms with Crippen LogP contribution in [0.2, 0.25) is 10.0 Å². The molecule has 1 N–H and O–H groups in total. The zero-order valence-electron chi connectivity index (χ0n) is 20.2. The summed E-state index contributed by atoms with van der Waals surface area (Å²) in [6.45, 7) is 2.15. The smallest absolute Gasteiger partial charge is 0.231 e. The summed E-state index contributed by atoms with van der Waals surface area (Å²) >= 11 is 12.0. The number of benzene rings is 2. The second-order valence-corrected chi connectivity index (χ2v) is 10.7. The van der Waals surface area contributed by atoms with Crippen molar-refractivity contribution in [3.8, 4) is 5.75 Å². The Morgan fingerprint density at radius 3 is 2.49 bits per heavy atom. The topological polar surface area (TPSA) is 55.5 Å². The van der Waals surface area contributed by atoms with Gasteiger partial charge in [-0.3, -0.25) is 0 Å². The maximum Gasteiger partial charge on any atom is 0.231 e. The molecule has 0 saturated heterocycles. The Bertz CT molecular complexity index is 1090. The number of ether oxygens (including phenoxy) is 1. The van der Waals surface area contributed by atoms with Gasteiger partial charge < -0.3 is 35.7 Å². The number of aliphatic hydroxyl groups is 1. The van der Waals surface area contributed by atoms with Crippen molar-refractivity contribution in [2.45, 2.75) is 44.2 Å². The van der Waals surface area contributed by atoms with Gasteiger partial charge in [-0.15, -0.1) is 0 Å². The number of hydrogen-bond acceptors (Lipinski definition) is 4. The summed E-state index contributed by atoms with van der Waals surface area (Å²) in [5.41, 5.74) is -0.343. The predicted molar refractivity (Wildman–Crippen MR) is 135 cm³/mol. The fourth-order valence-corrected chi connectivity index (χ4v) is 5.16. The third-order valence-electron chi connectivity index (χ3n) is 6.69. The van der Waals surface area contributed by atoms with Gasteiger partial charge in [-0.1, -0.05) is 66.4 Å². The molecule has 1 fully saturated rings. The van der Waals surface area contributed by atoms with Crippen LogP contribution in [-0.2, 0) is 12.1 Å². The normalized spacial score (nSPS) is 16.0. The second-order valence-electron chi connectivity index (χ2n) is 9.84. The van der Waals surface area contributed by atoms with Crippen LogP contribution in [0.5, 0.6) is 5.75 Å². The highest BCUT2D eigenvalue weighted by atomic mass is 79.9. The monoisotopic (exact) mass is 582 g/mol. The first-order valence-corrected chi connectivity index (χ1v) is 12.7. The van der Waals surface area contributed by atoms with Crippen LogP contribution >= 0.6 is 23.2 Å². The number of quaternary nitrogens is 1. The largest absolute Gasteiger partial charge is 1.00 e. The molecule has 0 radical (unpaired) electrons. The Hall–Kier alpha value is -1.57. The number of rotatable bonds is 10. The zero-order chi connectivity index (χ0) is 24.2. The minimum atomic E-state index is -1.19. The molecule has 190 valence electrons. The van der Waals surface area contributed by atoms with Crippen LogP contribution in [0, 0.1) is 5.92 Å². The quantitative estimate of drug-likeness (QED) is 0.293. The molecule has 3 aromatic rings. The molecule has 4 rings (SSSR count). The lowest BCUT2D eigenvalue weighted by atomic mass is 9.80. The van der Waals surface area contributed by atoms with E-state index in [0.29, 0.717) is 39.3 Å². The van der Waals surface area contributed by atoms with Crippen molar-refractivity contribution in [2.24, 2.45) is 5.92 Å². The van der Waals surface area contributed by atoms with Gasteiger partial charge in [0, 0.05) is 18.4 Å². The first-order valence-electron chi connectivity index (χ1n) is 11.9. The lowest BCUT2D eigenvalue weighted by Gasteiger charge is -2.32. The molecule has 1 aromatic heterocycles. The number of aromatic nitrogens is 1. The van der Waals surface area contributed by atoms with Crippen LogP contribution in [0.15, 0.2) is 59.1 Å². The van der Waals surface area contributed by atoms with E-state index in [0.717, 1.165) is 50.0 Å². The SMILES string of the molecule is C[N+](C)(CCCOc1ccc(Cl)c(Cl)c1)Cc1cnc(C(O)(c2ccccc2)C2CCCC2)o1.[Br-]. The highest BCUT2D eigenvalue weighted by Gasteiger charge is 2.45. The maximum atomic E-state index is 11.9. The Balaban J connectivity index is 0.00000342. The predicted octanol–water partition coefficient (Wildman–Crippen LogP) is 3.46. The number of nitrogens with zero attached hydrogens (tertiary/aromatic N) is 2. The number of oxazole rings is 1. The maximum absolute atomic E-state index is 11.9. The van der Waals surface area contributed by atoms with Crippen LogP contribution in [0.1, 0.15) is 49.3 Å². The zero-order valence-corrected chi connectivity index (χ0v) is 23.3. The molecule has 5 nitrogen and oxygen atoms in total. The van der Waals surface area contributed by atoms with E-state index in [1.807, 2.05) is 36.4 Å². The van der Waals surface area contributed by atoms with Crippen molar-refractivity contribution >= 4 is 23.2 Å². The molecule has 0 amide bonds. The Morgan fingerprint density at radius 2 is 1.80 bits per heavy atom. The molecule has 0 aliphatic heterocycles. The molecule has 35 heavy (non-hydrogen) atoms. The van der Waals surface area contributed by atoms with Crippen LogP contribution in [0.25, 0.3) is 0 Å². The van der Waals surface area contributed by atoms with Gasteiger partial charge in [-0.2, -0.15) is 0 Å². The average molecular weight is 584 g/mol. The van der Waals surface area contributed by atoms with Crippen LogP contribution in [0.3, 0.4) is 0 Å². The van der Waals surface area contributed by atoms with Gasteiger partial charge in [0.05, 0.1) is 43.5 Å². The van der Waals surface area contributed by atoms with E-state index in [9.17, 15) is 5.11 Å². The van der Waals surface area contributed by atoms with Gasteiger partial charge in [0.2, 0.25) is 5.89 Å². The molecule has 1 aliphatic carbocycles. The van der Waals surface area contributed by atoms with Gasteiger partial charge in [-0.05, 0) is 30.5 Å². The van der Waals surface area contributed by atoms with Crippen molar-refractivity contribution in [3.05, 3.63) is 82.0 Å². The van der Waals surface area contributed by atoms with E-state index in [2.05, 4.69) is 19.1 Å². The summed E-state index contributed by atoms with van der Waals surface area (Å²) < 4.78 is 12.8. The van der Waals surface area contributed by atoms with Crippen molar-refractivity contribution in [2.75, 3.05) is 27.2 Å². The van der Waals surface area contributed by atoms with E-state index in [1.165, 1.54) is 0 Å². The van der Waals surface area contributed by atoms with E-state index >= 15 is 0 Å². The minimum Gasteiger partial charge on any atom is -1.00 e. The fraction of sp³-hybridized carbons (Fsp3) is 0.444. The summed E-state index contributed by atoms with van der Waals surface area (Å²) in [5.74, 6) is 2.01. The van der Waals surface area contributed by atoms with E-state index < -0.39 is 5.60 Å². The minimum absolute atomic E-state index is 0. The highest BCUT2D eigenvalue weighted by molar-refractivity contribution is 6.42. The van der Waals surface area contributed by atoms with E-state index in [4.69, 9.17) is 32.4 Å². The second kappa shape index (κ2) is 12.1. The highest BCUT2D eigenvalue weighted by Crippen LogP contribution is 2.44. The molecule has 1 saturated carbocycles. The molecule has 0 bridgehead atoms. The number of halogens is 3. The van der Waals surface area contributed by atoms with Gasteiger partial charge >= 0.3 is 0 Å². The molecule has 1 aliphatic rings. The molecular formula is C27H33BrCl2N2O3. The molecule has 1 atom stereocenters. The van der Waals surface area contributed by atoms with E-state index in [-0.39, 0.29) is 22.9 Å². The van der Waals surface area contributed by atoms with Crippen molar-refractivity contribution < 1.29 is 35.7 Å². The van der Waals surface area contributed by atoms with Gasteiger partial charge in [0.1, 0.15) is 12.3 Å². The molecule has 1 heterocycles. The summed E-state index contributed by atoms with van der Waals surface area (Å²) in [6.07, 6.45) is 6.84. The third-order valence-corrected chi connectivity index (χ3v) is 7.43. The molecule has 8 heteroatoms. The lowest BCUT2D eigenvalue weighted by molar-refractivity contribution is -0.904. The van der Waals surface area contributed by atoms with Crippen molar-refractivity contribution in [1.82, 2.24) is 4.98 Å². The van der Waals surface area contributed by atoms with Gasteiger partial charge in [0.15, 0.2) is 11.4 Å². The molecular weight excluding hydrogens is 551 g/mol. The molecule has 1 unspecified atom stereocenters. The van der Waals surface area contributed by atoms with Crippen LogP contribution in [-0.4, -0.2) is 41.8 Å². The Labute approximate surface area is 228 Å². The lowest BCUT2D eigenvalue weighted by Crippen LogP contribution is -3.00. The van der Waals surface area contributed by atoms with Crippen LogP contribution in [0.4, 0.5) is 0 Å². The van der Waals surface area contributed by atoms with E-state index in [1.54, 1.807) is 18.3 Å². The van der Waals surface area contributed by atoms with Crippen LogP contribution < -0.4 is 21.7 Å². The molecule has 2 aromatic carbocycles. The Morgan fingerprint density at radius 1 is 1.09 bits per heavy atom. The first-order chi connectivity index (χ1) is 16.3. The van der Waals surface area contributed by atoms with Gasteiger partial charge in [-0.25, -0.2) is 4.98 Å². The molecule has 0 spiro atoms. The summed E-state index contributed by atoms with van der Waals surface area (Å²) in [4.78, 5) is 4.57. The summed E-state index contributed by atoms with van der Waals surface area (Å²) in [5, 5.41) is 12.9. The summed E-state index contributed by atoms with van der Waals surface area (Å²) in [7, 11) is 4.31. The first kappa shape index (κ1) is 28.0. The van der Waals surface area contributed by atoms with Gasteiger partial charge in [0.25, 0.3) is 0 Å².